The quantitative estimate of drug-likeness (QED) is 0.666. The Morgan fingerprint density at radius 1 is 1.10 bits per heavy atom. The zero-order chi connectivity index (χ0) is 15.0. The molecule has 1 aromatic carbocycles. The number of benzene rings is 1. The van der Waals surface area contributed by atoms with Crippen LogP contribution in [0.1, 0.15) is 20.3 Å². The monoisotopic (exact) mass is 305 g/mol. The molecule has 5 nitrogen and oxygen atoms in total. The smallest absolute Gasteiger partial charge is 0.372 e. The van der Waals surface area contributed by atoms with Crippen LogP contribution < -0.4 is 5.19 Å². The van der Waals surface area contributed by atoms with Crippen molar-refractivity contribution in [3.63, 3.8) is 0 Å². The lowest BCUT2D eigenvalue weighted by Gasteiger charge is -2.30. The lowest BCUT2D eigenvalue weighted by Crippen LogP contribution is -2.54. The van der Waals surface area contributed by atoms with Crippen LogP contribution in [0.2, 0.25) is 6.04 Å². The summed E-state index contributed by atoms with van der Waals surface area (Å²) in [5.74, 6) is 0. The normalized spacial score (nSPS) is 11.7. The zero-order valence-corrected chi connectivity index (χ0v) is 13.7. The van der Waals surface area contributed by atoms with Gasteiger partial charge < -0.3 is 8.85 Å². The molecule has 0 spiro atoms. The summed E-state index contributed by atoms with van der Waals surface area (Å²) in [5, 5.41) is 5.34. The summed E-state index contributed by atoms with van der Waals surface area (Å²) in [6, 6.07) is 11.3. The van der Waals surface area contributed by atoms with Crippen LogP contribution >= 0.6 is 0 Å². The number of aryl methyl sites for hydroxylation is 1. The molecular formula is C15H23N3O2Si. The first-order chi connectivity index (χ1) is 10.3. The number of aromatic nitrogens is 3. The lowest BCUT2D eigenvalue weighted by molar-refractivity contribution is 0.194. The predicted octanol–water partition coefficient (Wildman–Crippen LogP) is 2.09. The molecule has 0 saturated carbocycles. The number of nitrogens with zero attached hydrogens (tertiary/aromatic N) is 3. The van der Waals surface area contributed by atoms with Crippen molar-refractivity contribution in [1.29, 1.82) is 0 Å². The fraction of sp³-hybridized carbons (Fsp3) is 0.467. The largest absolute Gasteiger partial charge is 0.391 e. The van der Waals surface area contributed by atoms with E-state index in [1.807, 2.05) is 36.7 Å². The fourth-order valence-corrected chi connectivity index (χ4v) is 5.73. The van der Waals surface area contributed by atoms with Gasteiger partial charge in [0.05, 0.1) is 0 Å². The minimum atomic E-state index is -2.37. The summed E-state index contributed by atoms with van der Waals surface area (Å²) in [4.78, 5) is 3.97. The Morgan fingerprint density at radius 2 is 1.81 bits per heavy atom. The molecule has 0 aliphatic heterocycles. The van der Waals surface area contributed by atoms with Crippen molar-refractivity contribution in [2.24, 2.45) is 0 Å². The van der Waals surface area contributed by atoms with Gasteiger partial charge in [-0.05, 0) is 31.5 Å². The molecule has 0 atom stereocenters. The van der Waals surface area contributed by atoms with Gasteiger partial charge >= 0.3 is 8.56 Å². The fourth-order valence-electron chi connectivity index (χ4n) is 2.48. The van der Waals surface area contributed by atoms with Crippen LogP contribution in [0.3, 0.4) is 0 Å². The van der Waals surface area contributed by atoms with E-state index in [0.29, 0.717) is 13.2 Å². The zero-order valence-electron chi connectivity index (χ0n) is 12.7. The highest BCUT2D eigenvalue weighted by atomic mass is 28.4. The first kappa shape index (κ1) is 15.9. The molecule has 0 fully saturated rings. The SMILES string of the molecule is CCO[Si](CCCn1cncn1)(OCC)c1ccccc1. The second-order valence-corrected chi connectivity index (χ2v) is 7.91. The summed E-state index contributed by atoms with van der Waals surface area (Å²) < 4.78 is 14.1. The Bertz CT molecular complexity index is 499. The number of rotatable bonds is 9. The van der Waals surface area contributed by atoms with Gasteiger partial charge in [-0.3, -0.25) is 4.68 Å². The van der Waals surface area contributed by atoms with Crippen molar-refractivity contribution in [1.82, 2.24) is 14.8 Å². The third-order valence-electron chi connectivity index (χ3n) is 3.33. The van der Waals surface area contributed by atoms with Crippen LogP contribution in [-0.4, -0.2) is 36.5 Å². The third kappa shape index (κ3) is 4.23. The summed E-state index contributed by atoms with van der Waals surface area (Å²) in [6.45, 7) is 6.23. The predicted molar refractivity (Wildman–Crippen MR) is 84.5 cm³/mol. The van der Waals surface area contributed by atoms with Crippen LogP contribution in [-0.2, 0) is 15.4 Å². The van der Waals surface area contributed by atoms with Crippen molar-refractivity contribution >= 4 is 13.7 Å². The van der Waals surface area contributed by atoms with E-state index in [1.54, 1.807) is 12.7 Å². The Hall–Kier alpha value is -1.50. The molecule has 1 heterocycles. The topological polar surface area (TPSA) is 49.2 Å². The maximum atomic E-state index is 6.15. The molecule has 1 aromatic heterocycles. The van der Waals surface area contributed by atoms with Gasteiger partial charge in [-0.25, -0.2) is 4.98 Å². The molecule has 6 heteroatoms. The highest BCUT2D eigenvalue weighted by Crippen LogP contribution is 2.17. The molecule has 2 rings (SSSR count). The first-order valence-electron chi connectivity index (χ1n) is 7.46. The maximum Gasteiger partial charge on any atom is 0.372 e. The van der Waals surface area contributed by atoms with E-state index in [-0.39, 0.29) is 0 Å². The van der Waals surface area contributed by atoms with E-state index in [4.69, 9.17) is 8.85 Å². The lowest BCUT2D eigenvalue weighted by atomic mass is 10.4. The highest BCUT2D eigenvalue weighted by molar-refractivity contribution is 6.81. The first-order valence-corrected chi connectivity index (χ1v) is 9.49. The average molecular weight is 305 g/mol. The molecule has 0 amide bonds. The van der Waals surface area contributed by atoms with Gasteiger partial charge in [-0.2, -0.15) is 5.10 Å². The van der Waals surface area contributed by atoms with Gasteiger partial charge in [0.1, 0.15) is 12.7 Å². The van der Waals surface area contributed by atoms with Crippen molar-refractivity contribution in [2.45, 2.75) is 32.9 Å². The number of hydrogen-bond acceptors (Lipinski definition) is 4. The van der Waals surface area contributed by atoms with Crippen molar-refractivity contribution in [2.75, 3.05) is 13.2 Å². The Kier molecular flexibility index (Phi) is 6.10. The van der Waals surface area contributed by atoms with E-state index in [2.05, 4.69) is 22.2 Å². The van der Waals surface area contributed by atoms with Gasteiger partial charge in [0.15, 0.2) is 0 Å². The molecule has 21 heavy (non-hydrogen) atoms. The Morgan fingerprint density at radius 3 is 2.38 bits per heavy atom. The molecule has 0 unspecified atom stereocenters. The van der Waals surface area contributed by atoms with Crippen molar-refractivity contribution in [3.05, 3.63) is 43.0 Å². The van der Waals surface area contributed by atoms with Crippen LogP contribution in [0, 0.1) is 0 Å². The van der Waals surface area contributed by atoms with E-state index in [1.165, 1.54) is 5.19 Å². The van der Waals surface area contributed by atoms with Gasteiger partial charge in [0.2, 0.25) is 0 Å². The van der Waals surface area contributed by atoms with Gasteiger partial charge in [-0.1, -0.05) is 30.3 Å². The van der Waals surface area contributed by atoms with E-state index >= 15 is 0 Å². The second kappa shape index (κ2) is 8.07. The molecular weight excluding hydrogens is 282 g/mol. The average Bonchev–Trinajstić information content (AvgIpc) is 3.02. The van der Waals surface area contributed by atoms with Gasteiger partial charge in [-0.15, -0.1) is 0 Å². The standard InChI is InChI=1S/C15H23N3O2Si/c1-3-19-21(20-4-2,15-9-6-5-7-10-15)12-8-11-18-14-16-13-17-18/h5-7,9-10,13-14H,3-4,8,11-12H2,1-2H3. The molecule has 0 N–H and O–H groups in total. The van der Waals surface area contributed by atoms with E-state index < -0.39 is 8.56 Å². The third-order valence-corrected chi connectivity index (χ3v) is 7.06. The number of hydrogen-bond donors (Lipinski definition) is 0. The molecule has 0 aliphatic carbocycles. The molecule has 0 bridgehead atoms. The van der Waals surface area contributed by atoms with Crippen LogP contribution in [0.4, 0.5) is 0 Å². The van der Waals surface area contributed by atoms with Gasteiger partial charge in [0.25, 0.3) is 0 Å². The maximum absolute atomic E-state index is 6.15. The summed E-state index contributed by atoms with van der Waals surface area (Å²) >= 11 is 0. The van der Waals surface area contributed by atoms with Crippen LogP contribution in [0.5, 0.6) is 0 Å². The minimum Gasteiger partial charge on any atom is -0.391 e. The molecule has 0 saturated heterocycles. The van der Waals surface area contributed by atoms with Crippen LogP contribution in [0.15, 0.2) is 43.0 Å². The molecule has 0 radical (unpaired) electrons. The minimum absolute atomic E-state index is 0.671. The van der Waals surface area contributed by atoms with Crippen molar-refractivity contribution in [3.8, 4) is 0 Å². The summed E-state index contributed by atoms with van der Waals surface area (Å²) in [7, 11) is -2.37. The van der Waals surface area contributed by atoms with Crippen LogP contribution in [0.25, 0.3) is 0 Å². The molecule has 0 aliphatic rings. The van der Waals surface area contributed by atoms with E-state index in [9.17, 15) is 0 Å². The van der Waals surface area contributed by atoms with Crippen molar-refractivity contribution < 1.29 is 8.85 Å². The summed E-state index contributed by atoms with van der Waals surface area (Å²) in [6.07, 6.45) is 4.27. The second-order valence-electron chi connectivity index (χ2n) is 4.75. The van der Waals surface area contributed by atoms with E-state index in [0.717, 1.165) is 19.0 Å². The Labute approximate surface area is 127 Å². The van der Waals surface area contributed by atoms with Gasteiger partial charge in [0, 0.05) is 19.8 Å². The molecule has 2 aromatic rings. The highest BCUT2D eigenvalue weighted by Gasteiger charge is 2.38. The Balaban J connectivity index is 2.10. The molecule has 114 valence electrons. The summed E-state index contributed by atoms with van der Waals surface area (Å²) in [5.41, 5.74) is 0.